The van der Waals surface area contributed by atoms with Crippen LogP contribution in [0, 0.1) is 11.7 Å². The Kier molecular flexibility index (Phi) is 5.38. The van der Waals surface area contributed by atoms with Crippen LogP contribution >= 0.6 is 0 Å². The molecule has 0 radical (unpaired) electrons. The van der Waals surface area contributed by atoms with Crippen LogP contribution in [0.25, 0.3) is 0 Å². The van der Waals surface area contributed by atoms with Crippen LogP contribution in [0.1, 0.15) is 13.8 Å². The minimum absolute atomic E-state index is 0.201. The molecule has 1 aliphatic heterocycles. The van der Waals surface area contributed by atoms with E-state index < -0.39 is 0 Å². The monoisotopic (exact) mass is 293 g/mol. The summed E-state index contributed by atoms with van der Waals surface area (Å²) in [4.78, 5) is 8.91. The lowest BCUT2D eigenvalue weighted by Gasteiger charge is -2.37. The molecule has 0 saturated carbocycles. The zero-order valence-electron chi connectivity index (χ0n) is 12.7. The van der Waals surface area contributed by atoms with Crippen molar-refractivity contribution in [2.24, 2.45) is 16.8 Å². The van der Waals surface area contributed by atoms with E-state index in [2.05, 4.69) is 34.1 Å². The third kappa shape index (κ3) is 4.32. The minimum atomic E-state index is -0.201. The van der Waals surface area contributed by atoms with Gasteiger partial charge in [-0.1, -0.05) is 13.8 Å². The molecule has 1 aromatic rings. The van der Waals surface area contributed by atoms with Crippen LogP contribution < -0.4 is 16.2 Å². The van der Waals surface area contributed by atoms with Gasteiger partial charge in [-0.3, -0.25) is 10.4 Å². The van der Waals surface area contributed by atoms with E-state index in [-0.39, 0.29) is 5.82 Å². The molecule has 0 spiro atoms. The Labute approximate surface area is 125 Å². The standard InChI is InChI=1S/C15H24FN5/c1-12(2)11-18-15(19-17)21-9-7-20(8-10-21)14-5-3-13(16)4-6-14/h3-6,12H,7-11,17H2,1-2H3,(H,18,19). The lowest BCUT2D eigenvalue weighted by molar-refractivity contribution is 0.371. The summed E-state index contributed by atoms with van der Waals surface area (Å²) in [5.74, 6) is 6.63. The first-order valence-electron chi connectivity index (χ1n) is 7.36. The van der Waals surface area contributed by atoms with E-state index >= 15 is 0 Å². The number of halogens is 1. The van der Waals surface area contributed by atoms with E-state index in [1.54, 1.807) is 0 Å². The molecular weight excluding hydrogens is 269 g/mol. The van der Waals surface area contributed by atoms with Gasteiger partial charge in [-0.2, -0.15) is 0 Å². The number of nitrogens with one attached hydrogen (secondary N) is 1. The normalized spacial score (nSPS) is 16.5. The van der Waals surface area contributed by atoms with E-state index in [4.69, 9.17) is 5.84 Å². The van der Waals surface area contributed by atoms with Gasteiger partial charge in [0.25, 0.3) is 0 Å². The molecule has 5 nitrogen and oxygen atoms in total. The molecule has 0 amide bonds. The van der Waals surface area contributed by atoms with Crippen molar-refractivity contribution in [2.75, 3.05) is 37.6 Å². The van der Waals surface area contributed by atoms with Crippen LogP contribution in [-0.2, 0) is 0 Å². The second-order valence-electron chi connectivity index (χ2n) is 5.65. The molecule has 1 aliphatic rings. The molecule has 0 unspecified atom stereocenters. The Morgan fingerprint density at radius 1 is 1.24 bits per heavy atom. The number of hydrogen-bond donors (Lipinski definition) is 2. The van der Waals surface area contributed by atoms with Gasteiger partial charge in [0.05, 0.1) is 0 Å². The summed E-state index contributed by atoms with van der Waals surface area (Å²) in [6, 6.07) is 6.64. The molecule has 1 fully saturated rings. The van der Waals surface area contributed by atoms with E-state index in [9.17, 15) is 4.39 Å². The first kappa shape index (κ1) is 15.6. The van der Waals surface area contributed by atoms with Gasteiger partial charge in [0.15, 0.2) is 0 Å². The molecule has 0 bridgehead atoms. The van der Waals surface area contributed by atoms with Crippen molar-refractivity contribution in [3.05, 3.63) is 30.1 Å². The predicted molar refractivity (Wildman–Crippen MR) is 84.6 cm³/mol. The number of hydrazine groups is 1. The summed E-state index contributed by atoms with van der Waals surface area (Å²) in [6.07, 6.45) is 0. The number of nitrogens with two attached hydrogens (primary N) is 1. The Morgan fingerprint density at radius 3 is 2.38 bits per heavy atom. The van der Waals surface area contributed by atoms with Crippen LogP contribution in [0.4, 0.5) is 10.1 Å². The number of rotatable bonds is 3. The van der Waals surface area contributed by atoms with Crippen molar-refractivity contribution in [3.8, 4) is 0 Å². The summed E-state index contributed by atoms with van der Waals surface area (Å²) in [7, 11) is 0. The van der Waals surface area contributed by atoms with Crippen molar-refractivity contribution in [1.82, 2.24) is 10.3 Å². The van der Waals surface area contributed by atoms with Crippen molar-refractivity contribution in [2.45, 2.75) is 13.8 Å². The highest BCUT2D eigenvalue weighted by Gasteiger charge is 2.19. The van der Waals surface area contributed by atoms with Gasteiger partial charge in [-0.15, -0.1) is 0 Å². The largest absolute Gasteiger partial charge is 0.368 e. The SMILES string of the molecule is CC(C)CN=C(NN)N1CCN(c2ccc(F)cc2)CC1. The summed E-state index contributed by atoms with van der Waals surface area (Å²) in [5.41, 5.74) is 3.75. The fraction of sp³-hybridized carbons (Fsp3) is 0.533. The topological polar surface area (TPSA) is 56.9 Å². The number of anilines is 1. The third-order valence-electron chi connectivity index (χ3n) is 3.51. The molecule has 1 heterocycles. The average molecular weight is 293 g/mol. The van der Waals surface area contributed by atoms with Gasteiger partial charge in [-0.05, 0) is 30.2 Å². The maximum absolute atomic E-state index is 13.0. The zero-order chi connectivity index (χ0) is 15.2. The van der Waals surface area contributed by atoms with Gasteiger partial charge in [0.2, 0.25) is 5.96 Å². The molecule has 3 N–H and O–H groups in total. The zero-order valence-corrected chi connectivity index (χ0v) is 12.7. The quantitative estimate of drug-likeness (QED) is 0.383. The first-order valence-corrected chi connectivity index (χ1v) is 7.36. The molecule has 2 rings (SSSR count). The molecule has 6 heteroatoms. The lowest BCUT2D eigenvalue weighted by atomic mass is 10.2. The van der Waals surface area contributed by atoms with Crippen LogP contribution in [0.5, 0.6) is 0 Å². The Hall–Kier alpha value is -1.82. The fourth-order valence-electron chi connectivity index (χ4n) is 2.33. The molecule has 0 aromatic heterocycles. The van der Waals surface area contributed by atoms with Crippen molar-refractivity contribution < 1.29 is 4.39 Å². The Morgan fingerprint density at radius 2 is 1.86 bits per heavy atom. The summed E-state index contributed by atoms with van der Waals surface area (Å²) in [6.45, 7) is 8.45. The van der Waals surface area contributed by atoms with Gasteiger partial charge < -0.3 is 9.80 Å². The smallest absolute Gasteiger partial charge is 0.208 e. The number of nitrogens with zero attached hydrogens (tertiary/aromatic N) is 3. The summed E-state index contributed by atoms with van der Waals surface area (Å²) >= 11 is 0. The summed E-state index contributed by atoms with van der Waals surface area (Å²) in [5, 5.41) is 0. The number of benzene rings is 1. The second kappa shape index (κ2) is 7.26. The highest BCUT2D eigenvalue weighted by atomic mass is 19.1. The van der Waals surface area contributed by atoms with E-state index in [1.165, 1.54) is 12.1 Å². The number of piperazine rings is 1. The second-order valence-corrected chi connectivity index (χ2v) is 5.65. The van der Waals surface area contributed by atoms with E-state index in [0.29, 0.717) is 5.92 Å². The highest BCUT2D eigenvalue weighted by molar-refractivity contribution is 5.79. The Balaban J connectivity index is 1.92. The lowest BCUT2D eigenvalue weighted by Crippen LogP contribution is -2.54. The van der Waals surface area contributed by atoms with E-state index in [1.807, 2.05) is 12.1 Å². The number of hydrogen-bond acceptors (Lipinski definition) is 3. The van der Waals surface area contributed by atoms with Gasteiger partial charge in [0.1, 0.15) is 5.82 Å². The fourth-order valence-corrected chi connectivity index (χ4v) is 2.33. The first-order chi connectivity index (χ1) is 10.1. The molecule has 1 saturated heterocycles. The van der Waals surface area contributed by atoms with Crippen LogP contribution in [0.3, 0.4) is 0 Å². The van der Waals surface area contributed by atoms with Crippen LogP contribution in [0.2, 0.25) is 0 Å². The van der Waals surface area contributed by atoms with Gasteiger partial charge in [0, 0.05) is 38.4 Å². The van der Waals surface area contributed by atoms with Crippen molar-refractivity contribution in [1.29, 1.82) is 0 Å². The predicted octanol–water partition coefficient (Wildman–Crippen LogP) is 1.42. The maximum Gasteiger partial charge on any atom is 0.208 e. The van der Waals surface area contributed by atoms with Gasteiger partial charge in [-0.25, -0.2) is 10.2 Å². The molecule has 1 aromatic carbocycles. The molecule has 0 atom stereocenters. The van der Waals surface area contributed by atoms with Crippen LogP contribution in [0.15, 0.2) is 29.3 Å². The molecule has 21 heavy (non-hydrogen) atoms. The Bertz CT molecular complexity index is 463. The molecule has 116 valence electrons. The van der Waals surface area contributed by atoms with Crippen molar-refractivity contribution in [3.63, 3.8) is 0 Å². The summed E-state index contributed by atoms with van der Waals surface area (Å²) < 4.78 is 13.0. The number of aliphatic imine (C=N–C) groups is 1. The minimum Gasteiger partial charge on any atom is -0.368 e. The van der Waals surface area contributed by atoms with Gasteiger partial charge >= 0.3 is 0 Å². The molecule has 0 aliphatic carbocycles. The highest BCUT2D eigenvalue weighted by Crippen LogP contribution is 2.16. The van der Waals surface area contributed by atoms with Crippen molar-refractivity contribution >= 4 is 11.6 Å². The van der Waals surface area contributed by atoms with E-state index in [0.717, 1.165) is 44.4 Å². The molecular formula is C15H24FN5. The average Bonchev–Trinajstić information content (AvgIpc) is 2.49. The number of guanidine groups is 1. The van der Waals surface area contributed by atoms with Crippen LogP contribution in [-0.4, -0.2) is 43.6 Å². The third-order valence-corrected chi connectivity index (χ3v) is 3.51. The maximum atomic E-state index is 13.0.